The molecule has 2 aromatic heterocycles. The number of amides is 1. The van der Waals surface area contributed by atoms with E-state index >= 15 is 0 Å². The van der Waals surface area contributed by atoms with E-state index in [1.54, 1.807) is 13.3 Å². The molecule has 0 bridgehead atoms. The zero-order chi connectivity index (χ0) is 19.7. The third kappa shape index (κ3) is 3.62. The largest absolute Gasteiger partial charge is 0.491 e. The SMILES string of the molecule is CC(=O)N1CCN(c2cc(-c3n[nH]c4ccc(OC(C)C)cc34)ncn2)CC1. The maximum Gasteiger partial charge on any atom is 0.219 e. The minimum absolute atomic E-state index is 0.104. The Morgan fingerprint density at radius 3 is 2.64 bits per heavy atom. The summed E-state index contributed by atoms with van der Waals surface area (Å²) in [5, 5.41) is 8.49. The number of hydrogen-bond donors (Lipinski definition) is 1. The first kappa shape index (κ1) is 18.2. The average molecular weight is 380 g/mol. The lowest BCUT2D eigenvalue weighted by Gasteiger charge is -2.34. The van der Waals surface area contributed by atoms with Crippen LogP contribution in [0.5, 0.6) is 5.75 Å². The van der Waals surface area contributed by atoms with Gasteiger partial charge in [0.25, 0.3) is 0 Å². The number of benzene rings is 1. The Morgan fingerprint density at radius 2 is 1.93 bits per heavy atom. The van der Waals surface area contributed by atoms with Gasteiger partial charge in [0.15, 0.2) is 0 Å². The van der Waals surface area contributed by atoms with Gasteiger partial charge in [0.05, 0.1) is 17.3 Å². The van der Waals surface area contributed by atoms with Crippen LogP contribution in [0.1, 0.15) is 20.8 Å². The number of anilines is 1. The zero-order valence-corrected chi connectivity index (χ0v) is 16.3. The summed E-state index contributed by atoms with van der Waals surface area (Å²) < 4.78 is 5.82. The summed E-state index contributed by atoms with van der Waals surface area (Å²) in [6.45, 7) is 8.53. The van der Waals surface area contributed by atoms with Crippen molar-refractivity contribution in [2.24, 2.45) is 0 Å². The quantitative estimate of drug-likeness (QED) is 0.748. The van der Waals surface area contributed by atoms with Crippen molar-refractivity contribution in [3.05, 3.63) is 30.6 Å². The normalized spacial score (nSPS) is 14.7. The molecule has 1 aliphatic rings. The number of nitrogens with zero attached hydrogens (tertiary/aromatic N) is 5. The second-order valence-electron chi connectivity index (χ2n) is 7.20. The predicted octanol–water partition coefficient (Wildman–Crippen LogP) is 2.48. The minimum atomic E-state index is 0.104. The van der Waals surface area contributed by atoms with Gasteiger partial charge in [-0.1, -0.05) is 0 Å². The first-order valence-corrected chi connectivity index (χ1v) is 9.49. The molecule has 1 amide bonds. The van der Waals surface area contributed by atoms with Crippen LogP contribution in [-0.2, 0) is 4.79 Å². The van der Waals surface area contributed by atoms with Gasteiger partial charge < -0.3 is 14.5 Å². The van der Waals surface area contributed by atoms with Gasteiger partial charge in [-0.2, -0.15) is 5.10 Å². The van der Waals surface area contributed by atoms with Crippen molar-refractivity contribution < 1.29 is 9.53 Å². The van der Waals surface area contributed by atoms with Gasteiger partial charge in [-0.15, -0.1) is 0 Å². The van der Waals surface area contributed by atoms with Gasteiger partial charge in [0, 0.05) is 44.6 Å². The van der Waals surface area contributed by atoms with Crippen LogP contribution in [0.4, 0.5) is 5.82 Å². The molecule has 0 spiro atoms. The number of hydrogen-bond acceptors (Lipinski definition) is 6. The fourth-order valence-corrected chi connectivity index (χ4v) is 3.43. The first-order chi connectivity index (χ1) is 13.5. The van der Waals surface area contributed by atoms with Crippen molar-refractivity contribution >= 4 is 22.6 Å². The number of rotatable bonds is 4. The Balaban J connectivity index is 1.62. The molecule has 3 aromatic rings. The summed E-state index contributed by atoms with van der Waals surface area (Å²) in [5.74, 6) is 1.77. The number of H-pyrrole nitrogens is 1. The Morgan fingerprint density at radius 1 is 1.14 bits per heavy atom. The third-order valence-electron chi connectivity index (χ3n) is 4.85. The molecule has 1 N–H and O–H groups in total. The van der Waals surface area contributed by atoms with E-state index in [1.807, 2.05) is 43.0 Å². The summed E-state index contributed by atoms with van der Waals surface area (Å²) in [7, 11) is 0. The molecule has 8 nitrogen and oxygen atoms in total. The summed E-state index contributed by atoms with van der Waals surface area (Å²) in [4.78, 5) is 24.4. The standard InChI is InChI=1S/C20H24N6O2/c1-13(2)28-15-4-5-17-16(10-15)20(24-23-17)18-11-19(22-12-21-18)26-8-6-25(7-9-26)14(3)27/h4-5,10-13H,6-9H2,1-3H3,(H,23,24). The van der Waals surface area contributed by atoms with Gasteiger partial charge in [0.2, 0.25) is 5.91 Å². The molecule has 3 heterocycles. The number of fused-ring (bicyclic) bond motifs is 1. The lowest BCUT2D eigenvalue weighted by Crippen LogP contribution is -2.48. The van der Waals surface area contributed by atoms with E-state index < -0.39 is 0 Å². The van der Waals surface area contributed by atoms with Crippen LogP contribution in [0.3, 0.4) is 0 Å². The molecule has 4 rings (SSSR count). The van der Waals surface area contributed by atoms with Crippen LogP contribution in [0, 0.1) is 0 Å². The second-order valence-corrected chi connectivity index (χ2v) is 7.20. The molecular formula is C20H24N6O2. The molecule has 0 aliphatic carbocycles. The Bertz CT molecular complexity index is 991. The van der Waals surface area contributed by atoms with Crippen molar-refractivity contribution in [3.8, 4) is 17.1 Å². The molecule has 28 heavy (non-hydrogen) atoms. The van der Waals surface area contributed by atoms with Crippen LogP contribution in [0.25, 0.3) is 22.3 Å². The fraction of sp³-hybridized carbons (Fsp3) is 0.400. The van der Waals surface area contributed by atoms with E-state index in [0.29, 0.717) is 13.1 Å². The van der Waals surface area contributed by atoms with Crippen molar-refractivity contribution in [3.63, 3.8) is 0 Å². The highest BCUT2D eigenvalue weighted by atomic mass is 16.5. The summed E-state index contributed by atoms with van der Waals surface area (Å²) >= 11 is 0. The Labute approximate surface area is 163 Å². The number of aromatic nitrogens is 4. The lowest BCUT2D eigenvalue weighted by atomic mass is 10.1. The van der Waals surface area contributed by atoms with E-state index in [4.69, 9.17) is 4.74 Å². The van der Waals surface area contributed by atoms with Crippen molar-refractivity contribution in [1.29, 1.82) is 0 Å². The Kier molecular flexibility index (Phi) is 4.85. The smallest absolute Gasteiger partial charge is 0.219 e. The van der Waals surface area contributed by atoms with E-state index in [2.05, 4.69) is 25.1 Å². The average Bonchev–Trinajstić information content (AvgIpc) is 3.11. The molecular weight excluding hydrogens is 356 g/mol. The van der Waals surface area contributed by atoms with Crippen molar-refractivity contribution in [2.45, 2.75) is 26.9 Å². The van der Waals surface area contributed by atoms with Gasteiger partial charge >= 0.3 is 0 Å². The molecule has 0 saturated carbocycles. The summed E-state index contributed by atoms with van der Waals surface area (Å²) in [6.07, 6.45) is 1.67. The van der Waals surface area contributed by atoms with E-state index in [0.717, 1.165) is 46.9 Å². The van der Waals surface area contributed by atoms with Gasteiger partial charge in [-0.3, -0.25) is 9.89 Å². The third-order valence-corrected chi connectivity index (χ3v) is 4.85. The molecule has 0 unspecified atom stereocenters. The number of ether oxygens (including phenoxy) is 1. The zero-order valence-electron chi connectivity index (χ0n) is 16.3. The highest BCUT2D eigenvalue weighted by molar-refractivity contribution is 5.93. The number of carbonyl (C=O) groups is 1. The Hall–Kier alpha value is -3.16. The number of aromatic amines is 1. The first-order valence-electron chi connectivity index (χ1n) is 9.49. The maximum absolute atomic E-state index is 11.5. The number of nitrogens with one attached hydrogen (secondary N) is 1. The summed E-state index contributed by atoms with van der Waals surface area (Å²) in [5.41, 5.74) is 2.46. The van der Waals surface area contributed by atoms with Crippen LogP contribution in [0.2, 0.25) is 0 Å². The highest BCUT2D eigenvalue weighted by Crippen LogP contribution is 2.30. The van der Waals surface area contributed by atoms with Crippen molar-refractivity contribution in [1.82, 2.24) is 25.1 Å². The molecule has 8 heteroatoms. The minimum Gasteiger partial charge on any atom is -0.491 e. The number of piperazine rings is 1. The molecule has 1 aromatic carbocycles. The van der Waals surface area contributed by atoms with Gasteiger partial charge in [0.1, 0.15) is 23.6 Å². The van der Waals surface area contributed by atoms with Crippen LogP contribution in [-0.4, -0.2) is 63.3 Å². The fourth-order valence-electron chi connectivity index (χ4n) is 3.43. The van der Waals surface area contributed by atoms with Crippen molar-refractivity contribution in [2.75, 3.05) is 31.1 Å². The van der Waals surface area contributed by atoms with Crippen LogP contribution < -0.4 is 9.64 Å². The molecule has 0 atom stereocenters. The lowest BCUT2D eigenvalue weighted by molar-refractivity contribution is -0.129. The predicted molar refractivity (Wildman–Crippen MR) is 107 cm³/mol. The summed E-state index contributed by atoms with van der Waals surface area (Å²) in [6, 6.07) is 7.84. The van der Waals surface area contributed by atoms with E-state index in [1.165, 1.54) is 0 Å². The van der Waals surface area contributed by atoms with Gasteiger partial charge in [-0.05, 0) is 32.0 Å². The molecule has 1 aliphatic heterocycles. The second kappa shape index (κ2) is 7.46. The van der Waals surface area contributed by atoms with E-state index in [-0.39, 0.29) is 12.0 Å². The van der Waals surface area contributed by atoms with Gasteiger partial charge in [-0.25, -0.2) is 9.97 Å². The van der Waals surface area contributed by atoms with Crippen LogP contribution >= 0.6 is 0 Å². The monoisotopic (exact) mass is 380 g/mol. The maximum atomic E-state index is 11.5. The van der Waals surface area contributed by atoms with E-state index in [9.17, 15) is 4.79 Å². The molecule has 1 saturated heterocycles. The molecule has 146 valence electrons. The topological polar surface area (TPSA) is 87.2 Å². The molecule has 1 fully saturated rings. The van der Waals surface area contributed by atoms with Crippen LogP contribution in [0.15, 0.2) is 30.6 Å². The highest BCUT2D eigenvalue weighted by Gasteiger charge is 2.20. The molecule has 0 radical (unpaired) electrons. The number of carbonyl (C=O) groups excluding carboxylic acids is 1.